The summed E-state index contributed by atoms with van der Waals surface area (Å²) in [7, 11) is 0. The molecular formula is C14H19NO. The molecule has 0 aliphatic rings. The Hall–Kier alpha value is -1.30. The summed E-state index contributed by atoms with van der Waals surface area (Å²) in [5, 5.41) is 13.2. The normalized spacial score (nSPS) is 12.8. The quantitative estimate of drug-likeness (QED) is 0.757. The summed E-state index contributed by atoms with van der Waals surface area (Å²) in [5.74, 6) is 5.93. The van der Waals surface area contributed by atoms with Crippen LogP contribution in [0.4, 0.5) is 0 Å². The van der Waals surface area contributed by atoms with Crippen molar-refractivity contribution in [2.75, 3.05) is 6.54 Å². The maximum Gasteiger partial charge on any atom is 0.0914 e. The molecule has 16 heavy (non-hydrogen) atoms. The largest absolute Gasteiger partial charge is 0.387 e. The molecule has 1 aromatic carbocycles. The van der Waals surface area contributed by atoms with Crippen LogP contribution in [0.3, 0.4) is 0 Å². The molecule has 0 fully saturated rings. The number of β-amino-alcohol motifs (C(OH)–C–C–N with tert-alkyl or cyclic N) is 1. The molecule has 2 N–H and O–H groups in total. The number of rotatable bonds is 4. The van der Waals surface area contributed by atoms with Crippen molar-refractivity contribution in [3.8, 4) is 11.8 Å². The van der Waals surface area contributed by atoms with E-state index in [0.717, 1.165) is 5.56 Å². The highest BCUT2D eigenvalue weighted by Gasteiger charge is 2.15. The third kappa shape index (κ3) is 4.06. The Bertz CT molecular complexity index is 373. The molecule has 1 unspecified atom stereocenters. The number of nitrogens with one attached hydrogen (secondary N) is 1. The van der Waals surface area contributed by atoms with Crippen LogP contribution in [-0.2, 0) is 0 Å². The van der Waals surface area contributed by atoms with Crippen LogP contribution in [0.2, 0.25) is 0 Å². The first kappa shape index (κ1) is 12.8. The lowest BCUT2D eigenvalue weighted by molar-refractivity contribution is 0.167. The Labute approximate surface area is 97.7 Å². The fourth-order valence-electron chi connectivity index (χ4n) is 1.50. The fourth-order valence-corrected chi connectivity index (χ4v) is 1.50. The second-order valence-electron chi connectivity index (χ2n) is 4.31. The lowest BCUT2D eigenvalue weighted by Crippen LogP contribution is -2.40. The smallest absolute Gasteiger partial charge is 0.0914 e. The van der Waals surface area contributed by atoms with Crippen molar-refractivity contribution >= 4 is 0 Å². The zero-order valence-electron chi connectivity index (χ0n) is 10.1. The highest BCUT2D eigenvalue weighted by molar-refractivity contribution is 5.18. The van der Waals surface area contributed by atoms with Gasteiger partial charge in [0.25, 0.3) is 0 Å². The van der Waals surface area contributed by atoms with E-state index >= 15 is 0 Å². The number of aliphatic hydroxyl groups is 1. The summed E-state index contributed by atoms with van der Waals surface area (Å²) in [6.07, 6.45) is -0.487. The molecule has 0 amide bonds. The second-order valence-corrected chi connectivity index (χ2v) is 4.31. The van der Waals surface area contributed by atoms with E-state index in [4.69, 9.17) is 0 Å². The molecule has 0 heterocycles. The lowest BCUT2D eigenvalue weighted by Gasteiger charge is -2.22. The zero-order valence-corrected chi connectivity index (χ0v) is 10.1. The average Bonchev–Trinajstić information content (AvgIpc) is 2.27. The molecule has 0 saturated heterocycles. The first-order valence-corrected chi connectivity index (χ1v) is 5.47. The average molecular weight is 217 g/mol. The molecule has 86 valence electrons. The van der Waals surface area contributed by atoms with Gasteiger partial charge in [0.2, 0.25) is 0 Å². The molecule has 2 nitrogen and oxygen atoms in total. The van der Waals surface area contributed by atoms with Crippen molar-refractivity contribution < 1.29 is 5.11 Å². The van der Waals surface area contributed by atoms with Gasteiger partial charge in [0.15, 0.2) is 0 Å². The van der Waals surface area contributed by atoms with E-state index in [0.29, 0.717) is 6.54 Å². The van der Waals surface area contributed by atoms with Crippen LogP contribution >= 0.6 is 0 Å². The van der Waals surface area contributed by atoms with E-state index in [-0.39, 0.29) is 5.54 Å². The van der Waals surface area contributed by atoms with Gasteiger partial charge < -0.3 is 5.11 Å². The van der Waals surface area contributed by atoms with Crippen LogP contribution in [0.15, 0.2) is 30.3 Å². The van der Waals surface area contributed by atoms with Gasteiger partial charge in [-0.25, -0.2) is 0 Å². The predicted octanol–water partition coefficient (Wildman–Crippen LogP) is 2.11. The van der Waals surface area contributed by atoms with Crippen LogP contribution in [0.5, 0.6) is 0 Å². The maximum atomic E-state index is 9.94. The number of hydrogen-bond acceptors (Lipinski definition) is 2. The zero-order chi connectivity index (χ0) is 12.0. The molecule has 0 spiro atoms. The predicted molar refractivity (Wildman–Crippen MR) is 66.9 cm³/mol. The van der Waals surface area contributed by atoms with Crippen LogP contribution < -0.4 is 5.32 Å². The fraction of sp³-hybridized carbons (Fsp3) is 0.429. The summed E-state index contributed by atoms with van der Waals surface area (Å²) >= 11 is 0. The first-order chi connectivity index (χ1) is 7.55. The molecule has 0 aromatic heterocycles. The first-order valence-electron chi connectivity index (χ1n) is 5.47. The van der Waals surface area contributed by atoms with Crippen molar-refractivity contribution in [1.29, 1.82) is 0 Å². The summed E-state index contributed by atoms with van der Waals surface area (Å²) in [4.78, 5) is 0. The Morgan fingerprint density at radius 3 is 2.50 bits per heavy atom. The molecule has 0 aliphatic heterocycles. The van der Waals surface area contributed by atoms with Crippen molar-refractivity contribution in [3.63, 3.8) is 0 Å². The molecule has 0 radical (unpaired) electrons. The Morgan fingerprint density at radius 2 is 1.94 bits per heavy atom. The minimum Gasteiger partial charge on any atom is -0.387 e. The minimum atomic E-state index is -0.487. The number of hydrogen-bond donors (Lipinski definition) is 2. The summed E-state index contributed by atoms with van der Waals surface area (Å²) < 4.78 is 0. The highest BCUT2D eigenvalue weighted by Crippen LogP contribution is 2.12. The Balaban J connectivity index is 2.53. The van der Waals surface area contributed by atoms with Crippen LogP contribution in [-0.4, -0.2) is 17.2 Å². The van der Waals surface area contributed by atoms with Crippen molar-refractivity contribution in [2.45, 2.75) is 32.4 Å². The second kappa shape index (κ2) is 5.69. The van der Waals surface area contributed by atoms with Crippen molar-refractivity contribution in [3.05, 3.63) is 35.9 Å². The third-order valence-corrected chi connectivity index (χ3v) is 2.36. The lowest BCUT2D eigenvalue weighted by atomic mass is 10.0. The van der Waals surface area contributed by atoms with Gasteiger partial charge in [0.1, 0.15) is 0 Å². The summed E-state index contributed by atoms with van der Waals surface area (Å²) in [6, 6.07) is 9.64. The summed E-state index contributed by atoms with van der Waals surface area (Å²) in [5.41, 5.74) is 0.667. The molecule has 0 aliphatic carbocycles. The Kier molecular flexibility index (Phi) is 4.54. The molecule has 1 aromatic rings. The van der Waals surface area contributed by atoms with E-state index in [9.17, 15) is 5.11 Å². The van der Waals surface area contributed by atoms with Crippen LogP contribution in [0.25, 0.3) is 0 Å². The van der Waals surface area contributed by atoms with Gasteiger partial charge >= 0.3 is 0 Å². The molecule has 1 atom stereocenters. The number of aliphatic hydroxyl groups excluding tert-OH is 1. The molecular weight excluding hydrogens is 198 g/mol. The van der Waals surface area contributed by atoms with Crippen LogP contribution in [0.1, 0.15) is 32.4 Å². The standard InChI is InChI=1S/C14H19NO/c1-4-10-14(2,3)15-11-13(16)12-8-6-5-7-9-12/h5-9,13,15-16H,11H2,1-3H3. The molecule has 0 bridgehead atoms. The van der Waals surface area contributed by atoms with Gasteiger partial charge in [-0.3, -0.25) is 5.32 Å². The minimum absolute atomic E-state index is 0.259. The van der Waals surface area contributed by atoms with E-state index in [1.807, 2.05) is 51.1 Å². The maximum absolute atomic E-state index is 9.94. The molecule has 2 heteroatoms. The topological polar surface area (TPSA) is 32.3 Å². The molecule has 1 rings (SSSR count). The van der Waals surface area contributed by atoms with Gasteiger partial charge in [0.05, 0.1) is 11.6 Å². The summed E-state index contributed by atoms with van der Waals surface area (Å²) in [6.45, 7) is 6.32. The van der Waals surface area contributed by atoms with Crippen LogP contribution in [0, 0.1) is 11.8 Å². The van der Waals surface area contributed by atoms with Gasteiger partial charge in [-0.2, -0.15) is 0 Å². The third-order valence-electron chi connectivity index (χ3n) is 2.36. The van der Waals surface area contributed by atoms with E-state index < -0.39 is 6.10 Å². The number of benzene rings is 1. The van der Waals surface area contributed by atoms with Gasteiger partial charge in [0, 0.05) is 6.54 Å². The van der Waals surface area contributed by atoms with E-state index in [1.54, 1.807) is 0 Å². The van der Waals surface area contributed by atoms with Crippen molar-refractivity contribution in [2.24, 2.45) is 0 Å². The van der Waals surface area contributed by atoms with Gasteiger partial charge in [-0.15, -0.1) is 5.92 Å². The highest BCUT2D eigenvalue weighted by atomic mass is 16.3. The molecule has 0 saturated carbocycles. The van der Waals surface area contributed by atoms with E-state index in [1.165, 1.54) is 0 Å². The Morgan fingerprint density at radius 1 is 1.31 bits per heavy atom. The van der Waals surface area contributed by atoms with Crippen molar-refractivity contribution in [1.82, 2.24) is 5.32 Å². The van der Waals surface area contributed by atoms with E-state index in [2.05, 4.69) is 17.2 Å². The van der Waals surface area contributed by atoms with Gasteiger partial charge in [-0.05, 0) is 26.3 Å². The monoisotopic (exact) mass is 217 g/mol. The SMILES string of the molecule is CC#CC(C)(C)NCC(O)c1ccccc1. The van der Waals surface area contributed by atoms with Gasteiger partial charge in [-0.1, -0.05) is 36.3 Å².